The van der Waals surface area contributed by atoms with E-state index in [9.17, 15) is 0 Å². The first-order chi connectivity index (χ1) is 9.83. The molecule has 0 aliphatic rings. The van der Waals surface area contributed by atoms with Crippen LogP contribution in [0.15, 0.2) is 55.0 Å². The maximum atomic E-state index is 4.55. The van der Waals surface area contributed by atoms with Crippen molar-refractivity contribution in [3.05, 3.63) is 60.6 Å². The van der Waals surface area contributed by atoms with Gasteiger partial charge in [0, 0.05) is 34.9 Å². The van der Waals surface area contributed by atoms with Gasteiger partial charge < -0.3 is 4.98 Å². The predicted molar refractivity (Wildman–Crippen MR) is 81.6 cm³/mol. The topological polar surface area (TPSA) is 41.6 Å². The molecule has 0 saturated carbocycles. The van der Waals surface area contributed by atoms with E-state index in [0.717, 1.165) is 22.1 Å². The van der Waals surface area contributed by atoms with Gasteiger partial charge in [-0.05, 0) is 36.2 Å². The van der Waals surface area contributed by atoms with Crippen LogP contribution in [0.5, 0.6) is 0 Å². The summed E-state index contributed by atoms with van der Waals surface area (Å²) in [7, 11) is 0. The maximum absolute atomic E-state index is 4.55. The molecule has 0 atom stereocenters. The Morgan fingerprint density at radius 1 is 1.05 bits per heavy atom. The van der Waals surface area contributed by atoms with Crippen molar-refractivity contribution in [2.45, 2.75) is 6.92 Å². The molecule has 4 aromatic rings. The van der Waals surface area contributed by atoms with Gasteiger partial charge in [0.1, 0.15) is 5.65 Å². The lowest BCUT2D eigenvalue weighted by Gasteiger charge is -2.05. The Hall–Kier alpha value is -2.68. The maximum Gasteiger partial charge on any atom is 0.138 e. The number of aryl methyl sites for hydroxylation is 1. The van der Waals surface area contributed by atoms with Crippen molar-refractivity contribution >= 4 is 21.9 Å². The van der Waals surface area contributed by atoms with Crippen LogP contribution in [0.1, 0.15) is 5.56 Å². The standard InChI is InChI=1S/C17H13N3/c1-11-9-20-17-16(11)14(6-7-18-17)13-8-12-4-2-3-5-15(12)19-10-13/h2-10H,1H3,(H,18,20). The minimum absolute atomic E-state index is 0.924. The van der Waals surface area contributed by atoms with Crippen LogP contribution < -0.4 is 0 Å². The van der Waals surface area contributed by atoms with Gasteiger partial charge in [-0.3, -0.25) is 4.98 Å². The van der Waals surface area contributed by atoms with Gasteiger partial charge in [0.05, 0.1) is 5.52 Å². The van der Waals surface area contributed by atoms with Gasteiger partial charge in [0.2, 0.25) is 0 Å². The third-order valence-corrected chi connectivity index (χ3v) is 3.67. The van der Waals surface area contributed by atoms with Crippen molar-refractivity contribution in [1.29, 1.82) is 0 Å². The Labute approximate surface area is 116 Å². The number of nitrogens with zero attached hydrogens (tertiary/aromatic N) is 2. The summed E-state index contributed by atoms with van der Waals surface area (Å²) in [4.78, 5) is 12.1. The largest absolute Gasteiger partial charge is 0.346 e. The summed E-state index contributed by atoms with van der Waals surface area (Å²) in [5.74, 6) is 0. The van der Waals surface area contributed by atoms with E-state index in [1.165, 1.54) is 16.5 Å². The zero-order chi connectivity index (χ0) is 13.5. The number of fused-ring (bicyclic) bond motifs is 2. The van der Waals surface area contributed by atoms with Gasteiger partial charge in [0.25, 0.3) is 0 Å². The number of aromatic nitrogens is 3. The molecule has 0 aliphatic carbocycles. The van der Waals surface area contributed by atoms with E-state index in [1.807, 2.05) is 36.8 Å². The van der Waals surface area contributed by atoms with Crippen LogP contribution in [0.3, 0.4) is 0 Å². The third-order valence-electron chi connectivity index (χ3n) is 3.67. The number of aromatic amines is 1. The van der Waals surface area contributed by atoms with Crippen molar-refractivity contribution in [1.82, 2.24) is 15.0 Å². The molecule has 0 unspecified atom stereocenters. The molecule has 20 heavy (non-hydrogen) atoms. The van der Waals surface area contributed by atoms with Gasteiger partial charge in [-0.2, -0.15) is 0 Å². The second-order valence-corrected chi connectivity index (χ2v) is 4.97. The number of hydrogen-bond donors (Lipinski definition) is 1. The average molecular weight is 259 g/mol. The number of nitrogens with one attached hydrogen (secondary N) is 1. The summed E-state index contributed by atoms with van der Waals surface area (Å²) in [5.41, 5.74) is 5.45. The average Bonchev–Trinajstić information content (AvgIpc) is 2.88. The van der Waals surface area contributed by atoms with Crippen LogP contribution in [0, 0.1) is 6.92 Å². The van der Waals surface area contributed by atoms with E-state index in [0.29, 0.717) is 0 Å². The van der Waals surface area contributed by atoms with E-state index < -0.39 is 0 Å². The molecule has 3 heterocycles. The van der Waals surface area contributed by atoms with Gasteiger partial charge in [0.15, 0.2) is 0 Å². The fourth-order valence-electron chi connectivity index (χ4n) is 2.68. The molecular formula is C17H13N3. The minimum Gasteiger partial charge on any atom is -0.346 e. The highest BCUT2D eigenvalue weighted by Gasteiger charge is 2.09. The normalized spacial score (nSPS) is 11.2. The Morgan fingerprint density at radius 2 is 1.95 bits per heavy atom. The lowest BCUT2D eigenvalue weighted by atomic mass is 10.0. The molecule has 1 aromatic carbocycles. The predicted octanol–water partition coefficient (Wildman–Crippen LogP) is 4.09. The van der Waals surface area contributed by atoms with Crippen molar-refractivity contribution in [3.8, 4) is 11.1 Å². The molecular weight excluding hydrogens is 246 g/mol. The Balaban J connectivity index is 2.03. The Bertz CT molecular complexity index is 922. The SMILES string of the molecule is Cc1c[nH]c2nccc(-c3cnc4ccccc4c3)c12. The number of rotatable bonds is 1. The molecule has 0 amide bonds. The summed E-state index contributed by atoms with van der Waals surface area (Å²) >= 11 is 0. The van der Waals surface area contributed by atoms with E-state index in [1.54, 1.807) is 0 Å². The number of para-hydroxylation sites is 1. The second kappa shape index (κ2) is 4.17. The smallest absolute Gasteiger partial charge is 0.138 e. The van der Waals surface area contributed by atoms with Crippen LogP contribution in [-0.2, 0) is 0 Å². The molecule has 0 aliphatic heterocycles. The Kier molecular flexibility index (Phi) is 2.33. The highest BCUT2D eigenvalue weighted by molar-refractivity contribution is 5.97. The van der Waals surface area contributed by atoms with E-state index in [-0.39, 0.29) is 0 Å². The number of H-pyrrole nitrogens is 1. The molecule has 0 saturated heterocycles. The highest BCUT2D eigenvalue weighted by Crippen LogP contribution is 2.30. The van der Waals surface area contributed by atoms with Gasteiger partial charge in [-0.25, -0.2) is 4.98 Å². The lowest BCUT2D eigenvalue weighted by Crippen LogP contribution is -1.86. The van der Waals surface area contributed by atoms with Crippen molar-refractivity contribution in [2.75, 3.05) is 0 Å². The van der Waals surface area contributed by atoms with Crippen molar-refractivity contribution < 1.29 is 0 Å². The first-order valence-electron chi connectivity index (χ1n) is 6.61. The van der Waals surface area contributed by atoms with Crippen LogP contribution in [-0.4, -0.2) is 15.0 Å². The quantitative estimate of drug-likeness (QED) is 0.559. The summed E-state index contributed by atoms with van der Waals surface area (Å²) < 4.78 is 0. The molecule has 0 spiro atoms. The number of pyridine rings is 2. The molecule has 0 radical (unpaired) electrons. The number of hydrogen-bond acceptors (Lipinski definition) is 2. The Morgan fingerprint density at radius 3 is 2.90 bits per heavy atom. The van der Waals surface area contributed by atoms with E-state index in [4.69, 9.17) is 0 Å². The summed E-state index contributed by atoms with van der Waals surface area (Å²) in [6, 6.07) is 12.4. The summed E-state index contributed by atoms with van der Waals surface area (Å²) in [5, 5.41) is 2.33. The minimum atomic E-state index is 0.924. The van der Waals surface area contributed by atoms with E-state index >= 15 is 0 Å². The molecule has 3 aromatic heterocycles. The van der Waals surface area contributed by atoms with Gasteiger partial charge in [-0.1, -0.05) is 18.2 Å². The van der Waals surface area contributed by atoms with Gasteiger partial charge in [-0.15, -0.1) is 0 Å². The monoisotopic (exact) mass is 259 g/mol. The zero-order valence-electron chi connectivity index (χ0n) is 11.1. The molecule has 0 fully saturated rings. The fourth-order valence-corrected chi connectivity index (χ4v) is 2.68. The van der Waals surface area contributed by atoms with Crippen molar-refractivity contribution in [3.63, 3.8) is 0 Å². The second-order valence-electron chi connectivity index (χ2n) is 4.97. The third kappa shape index (κ3) is 1.60. The summed E-state index contributed by atoms with van der Waals surface area (Å²) in [6.07, 6.45) is 5.77. The molecule has 3 nitrogen and oxygen atoms in total. The molecule has 3 heteroatoms. The fraction of sp³-hybridized carbons (Fsp3) is 0.0588. The van der Waals surface area contributed by atoms with Crippen molar-refractivity contribution in [2.24, 2.45) is 0 Å². The molecule has 96 valence electrons. The van der Waals surface area contributed by atoms with Crippen LogP contribution in [0.2, 0.25) is 0 Å². The molecule has 0 bridgehead atoms. The van der Waals surface area contributed by atoms with Crippen LogP contribution >= 0.6 is 0 Å². The van der Waals surface area contributed by atoms with Crippen LogP contribution in [0.4, 0.5) is 0 Å². The van der Waals surface area contributed by atoms with Crippen LogP contribution in [0.25, 0.3) is 33.1 Å². The number of benzene rings is 1. The first-order valence-corrected chi connectivity index (χ1v) is 6.61. The first kappa shape index (κ1) is 11.2. The molecule has 1 N–H and O–H groups in total. The van der Waals surface area contributed by atoms with Gasteiger partial charge >= 0.3 is 0 Å². The van der Waals surface area contributed by atoms with E-state index in [2.05, 4.69) is 40.1 Å². The zero-order valence-corrected chi connectivity index (χ0v) is 11.1. The summed E-state index contributed by atoms with van der Waals surface area (Å²) in [6.45, 7) is 2.10. The highest BCUT2D eigenvalue weighted by atomic mass is 14.8. The lowest BCUT2D eigenvalue weighted by molar-refractivity contribution is 1.32. The molecule has 4 rings (SSSR count).